The topological polar surface area (TPSA) is 128 Å². The number of methoxy groups -OCH3 is 1. The number of aromatic nitrogens is 4. The number of ether oxygens (including phenoxy) is 1. The van der Waals surface area contributed by atoms with Gasteiger partial charge < -0.3 is 25.1 Å². The number of carbonyl (C=O) groups excluding carboxylic acids is 2. The highest BCUT2D eigenvalue weighted by Crippen LogP contribution is 2.34. The van der Waals surface area contributed by atoms with Crippen LogP contribution in [-0.4, -0.2) is 70.7 Å². The van der Waals surface area contributed by atoms with Crippen LogP contribution in [0.3, 0.4) is 0 Å². The highest BCUT2D eigenvalue weighted by molar-refractivity contribution is 6.31. The molecule has 0 bridgehead atoms. The number of fused-ring (bicyclic) bond motifs is 1. The molecule has 4 aromatic rings. The number of anilines is 2. The fourth-order valence-corrected chi connectivity index (χ4v) is 5.19. The number of likely N-dealkylation sites (tertiary alicyclic amines) is 1. The largest absolute Gasteiger partial charge is 0.416 e. The van der Waals surface area contributed by atoms with Crippen molar-refractivity contribution in [2.75, 3.05) is 37.9 Å². The summed E-state index contributed by atoms with van der Waals surface area (Å²) >= 11 is 0. The Hall–Kier alpha value is -4.46. The van der Waals surface area contributed by atoms with E-state index in [4.69, 9.17) is 15.5 Å². The van der Waals surface area contributed by atoms with Gasteiger partial charge in [0.05, 0.1) is 18.6 Å². The van der Waals surface area contributed by atoms with E-state index < -0.39 is 17.6 Å². The molecule has 1 atom stereocenters. The van der Waals surface area contributed by atoms with E-state index in [1.807, 2.05) is 17.1 Å². The van der Waals surface area contributed by atoms with Crippen LogP contribution in [0.5, 0.6) is 0 Å². The number of hydrogen-bond acceptors (Lipinski definition) is 7. The quantitative estimate of drug-likeness (QED) is 0.323. The average molecular weight is 579 g/mol. The molecule has 1 saturated heterocycles. The fraction of sp³-hybridized carbons (Fsp3) is 0.321. The van der Waals surface area contributed by atoms with Gasteiger partial charge in [0.15, 0.2) is 7.85 Å². The summed E-state index contributed by atoms with van der Waals surface area (Å²) in [5, 5.41) is 2.41. The van der Waals surface area contributed by atoms with Crippen LogP contribution in [0.25, 0.3) is 16.8 Å². The first kappa shape index (κ1) is 29.1. The summed E-state index contributed by atoms with van der Waals surface area (Å²) in [7, 11) is 3.48. The van der Waals surface area contributed by atoms with Crippen molar-refractivity contribution in [2.24, 2.45) is 0 Å². The molecule has 0 spiro atoms. The van der Waals surface area contributed by atoms with Crippen LogP contribution in [0, 0.1) is 0 Å². The van der Waals surface area contributed by atoms with E-state index in [9.17, 15) is 22.8 Å². The molecule has 2 amide bonds. The molecule has 1 aromatic carbocycles. The molecule has 14 heteroatoms. The molecule has 3 N–H and O–H groups in total. The van der Waals surface area contributed by atoms with Crippen molar-refractivity contribution in [3.63, 3.8) is 0 Å². The van der Waals surface area contributed by atoms with Crippen LogP contribution in [0.4, 0.5) is 24.8 Å². The monoisotopic (exact) mass is 579 g/mol. The summed E-state index contributed by atoms with van der Waals surface area (Å²) in [6, 6.07) is 8.12. The van der Waals surface area contributed by atoms with Gasteiger partial charge in [0.25, 0.3) is 5.91 Å². The molecule has 3 aromatic heterocycles. The molecule has 0 radical (unpaired) electrons. The number of hydrogen-bond donors (Lipinski definition) is 2. The van der Waals surface area contributed by atoms with Gasteiger partial charge in [0, 0.05) is 49.6 Å². The van der Waals surface area contributed by atoms with E-state index in [2.05, 4.69) is 15.3 Å². The van der Waals surface area contributed by atoms with Gasteiger partial charge in [-0.15, -0.1) is 0 Å². The zero-order valence-corrected chi connectivity index (χ0v) is 23.1. The number of halogens is 3. The van der Waals surface area contributed by atoms with E-state index in [-0.39, 0.29) is 29.0 Å². The second kappa shape index (κ2) is 11.8. The van der Waals surface area contributed by atoms with Gasteiger partial charge >= 0.3 is 6.18 Å². The second-order valence-corrected chi connectivity index (χ2v) is 10.2. The summed E-state index contributed by atoms with van der Waals surface area (Å²) < 4.78 is 46.2. The number of nitrogens with one attached hydrogen (secondary N) is 1. The van der Waals surface area contributed by atoms with E-state index in [0.29, 0.717) is 42.9 Å². The van der Waals surface area contributed by atoms with E-state index in [1.54, 1.807) is 37.6 Å². The second-order valence-electron chi connectivity index (χ2n) is 10.2. The van der Waals surface area contributed by atoms with Crippen LogP contribution in [0.2, 0.25) is 0 Å². The third kappa shape index (κ3) is 5.93. The molecule has 4 heterocycles. The first-order chi connectivity index (χ1) is 20.1. The van der Waals surface area contributed by atoms with Crippen LogP contribution in [-0.2, 0) is 15.7 Å². The number of nitrogens with zero attached hydrogens (tertiary/aromatic N) is 5. The predicted octanol–water partition coefficient (Wildman–Crippen LogP) is 2.65. The van der Waals surface area contributed by atoms with Crippen LogP contribution in [0.1, 0.15) is 46.9 Å². The third-order valence-electron chi connectivity index (χ3n) is 7.30. The Bertz CT molecular complexity index is 1630. The Morgan fingerprint density at radius 2 is 1.95 bits per heavy atom. The number of amides is 2. The molecular weight excluding hydrogens is 550 g/mol. The summed E-state index contributed by atoms with van der Waals surface area (Å²) in [6.07, 6.45) is 0.104. The number of nitrogens with two attached hydrogens (primary N) is 1. The highest BCUT2D eigenvalue weighted by atomic mass is 19.4. The smallest absolute Gasteiger partial charge is 0.384 e. The van der Waals surface area contributed by atoms with Crippen molar-refractivity contribution < 1.29 is 27.5 Å². The van der Waals surface area contributed by atoms with Crippen molar-refractivity contribution in [3.05, 3.63) is 65.7 Å². The lowest BCUT2D eigenvalue weighted by atomic mass is 9.96. The molecule has 218 valence electrons. The van der Waals surface area contributed by atoms with Gasteiger partial charge in [-0.2, -0.15) is 13.2 Å². The summed E-state index contributed by atoms with van der Waals surface area (Å²) in [5.41, 5.74) is 8.37. The standard InChI is InChI=1S/C28H29BF3N7O3/c1-42-12-9-22(40)38-11-2-3-18(15-38)26-37-23(24-25(33)35-14-20(29)39(24)26)16-4-6-17(7-5-16)27(41)36-21-13-19(8-10-34-21)28(30,31)32/h4-8,10,13-14,18H,2-3,9,11-12,15,29H2,1H3,(H2,33,35)(H,34,36,41)/t18-/m1/s1. The number of imidazole rings is 1. The number of carbonyl (C=O) groups is 2. The van der Waals surface area contributed by atoms with Crippen molar-refractivity contribution in [1.29, 1.82) is 0 Å². The molecule has 42 heavy (non-hydrogen) atoms. The molecule has 10 nitrogen and oxygen atoms in total. The molecule has 1 fully saturated rings. The molecule has 0 saturated carbocycles. The number of benzene rings is 1. The van der Waals surface area contributed by atoms with Crippen molar-refractivity contribution in [2.45, 2.75) is 31.4 Å². The van der Waals surface area contributed by atoms with Crippen LogP contribution in [0.15, 0.2) is 48.8 Å². The Morgan fingerprint density at radius 1 is 1.19 bits per heavy atom. The van der Waals surface area contributed by atoms with Crippen molar-refractivity contribution >= 4 is 42.4 Å². The minimum atomic E-state index is -4.55. The zero-order valence-electron chi connectivity index (χ0n) is 23.1. The lowest BCUT2D eigenvalue weighted by Gasteiger charge is -2.32. The molecule has 0 unspecified atom stereocenters. The van der Waals surface area contributed by atoms with Crippen LogP contribution >= 0.6 is 0 Å². The van der Waals surface area contributed by atoms with E-state index in [1.165, 1.54) is 0 Å². The highest BCUT2D eigenvalue weighted by Gasteiger charge is 2.31. The normalized spacial score (nSPS) is 15.6. The Balaban J connectivity index is 1.43. The third-order valence-corrected chi connectivity index (χ3v) is 7.30. The number of rotatable bonds is 7. The van der Waals surface area contributed by atoms with Gasteiger partial charge in [-0.1, -0.05) is 12.1 Å². The first-order valence-corrected chi connectivity index (χ1v) is 13.4. The van der Waals surface area contributed by atoms with E-state index in [0.717, 1.165) is 42.6 Å². The Morgan fingerprint density at radius 3 is 2.67 bits per heavy atom. The number of alkyl halides is 3. The first-order valence-electron chi connectivity index (χ1n) is 13.4. The summed E-state index contributed by atoms with van der Waals surface area (Å²) in [4.78, 5) is 40.5. The van der Waals surface area contributed by atoms with Gasteiger partial charge in [0.1, 0.15) is 28.7 Å². The number of pyridine rings is 1. The zero-order chi connectivity index (χ0) is 30.0. The summed E-state index contributed by atoms with van der Waals surface area (Å²) in [5.74, 6) is 0.247. The maximum atomic E-state index is 13.0. The van der Waals surface area contributed by atoms with E-state index >= 15 is 0 Å². The number of nitrogen functional groups attached to an aromatic ring is 1. The average Bonchev–Trinajstić information content (AvgIpc) is 3.40. The SMILES string of the molecule is Bc1cnc(N)c2c(-c3ccc(C(=O)Nc4cc(C(F)(F)F)ccn4)cc3)nc([C@@H]3CCCN(C(=O)CCOC)C3)n12. The summed E-state index contributed by atoms with van der Waals surface area (Å²) in [6.45, 7) is 1.56. The van der Waals surface area contributed by atoms with Crippen molar-refractivity contribution in [3.8, 4) is 11.3 Å². The minimum absolute atomic E-state index is 0.0305. The molecule has 5 rings (SSSR count). The van der Waals surface area contributed by atoms with Crippen molar-refractivity contribution in [1.82, 2.24) is 24.3 Å². The van der Waals surface area contributed by atoms with Gasteiger partial charge in [-0.05, 0) is 42.7 Å². The molecular formula is C28H29BF3N7O3. The Kier molecular flexibility index (Phi) is 8.16. The van der Waals surface area contributed by atoms with Gasteiger partial charge in [-0.25, -0.2) is 15.0 Å². The fourth-order valence-electron chi connectivity index (χ4n) is 5.19. The lowest BCUT2D eigenvalue weighted by molar-refractivity contribution is -0.137. The van der Waals surface area contributed by atoms with Gasteiger partial charge in [-0.3, -0.25) is 9.59 Å². The molecule has 1 aliphatic rings. The maximum Gasteiger partial charge on any atom is 0.416 e. The minimum Gasteiger partial charge on any atom is -0.384 e. The molecule has 1 aliphatic heterocycles. The maximum absolute atomic E-state index is 13.0. The predicted molar refractivity (Wildman–Crippen MR) is 153 cm³/mol. The Labute approximate surface area is 240 Å². The molecule has 0 aliphatic carbocycles. The lowest BCUT2D eigenvalue weighted by Crippen LogP contribution is -2.40. The number of piperidine rings is 1. The van der Waals surface area contributed by atoms with Gasteiger partial charge in [0.2, 0.25) is 5.91 Å². The van der Waals surface area contributed by atoms with Crippen LogP contribution < -0.4 is 16.6 Å².